The molecule has 0 spiro atoms. The molecule has 0 aliphatic heterocycles. The molecule has 4 nitrogen and oxygen atoms in total. The molecule has 148 valence electrons. The van der Waals surface area contributed by atoms with Crippen LogP contribution in [0.25, 0.3) is 20.9 Å². The van der Waals surface area contributed by atoms with E-state index in [0.717, 1.165) is 33.4 Å². The molecule has 7 heteroatoms. The van der Waals surface area contributed by atoms with Gasteiger partial charge in [-0.1, -0.05) is 24.3 Å². The lowest BCUT2D eigenvalue weighted by Crippen LogP contribution is -2.25. The largest absolute Gasteiger partial charge is 0.490 e. The number of carboxylic acid groups (broad SMARTS) is 1. The van der Waals surface area contributed by atoms with Crippen molar-refractivity contribution < 1.29 is 28.2 Å². The molecule has 0 unspecified atom stereocenters. The summed E-state index contributed by atoms with van der Waals surface area (Å²) >= 11 is 1.60. The molecule has 0 fully saturated rings. The average Bonchev–Trinajstić information content (AvgIpc) is 3.11. The number of rotatable bonds is 7. The van der Waals surface area contributed by atoms with Crippen molar-refractivity contribution in [2.45, 2.75) is 5.92 Å². The van der Waals surface area contributed by atoms with Crippen molar-refractivity contribution in [3.05, 3.63) is 71.6 Å². The summed E-state index contributed by atoms with van der Waals surface area (Å²) in [6.45, 7) is 0.505. The lowest BCUT2D eigenvalue weighted by molar-refractivity contribution is -0.166. The Kier molecular flexibility index (Phi) is 5.07. The number of thiophene rings is 1. The van der Waals surface area contributed by atoms with E-state index in [4.69, 9.17) is 14.6 Å². The number of hydrogen-bond acceptors (Lipinski definition) is 4. The van der Waals surface area contributed by atoms with Crippen LogP contribution in [-0.2, 0) is 10.7 Å². The van der Waals surface area contributed by atoms with E-state index in [9.17, 15) is 13.6 Å². The fourth-order valence-corrected chi connectivity index (χ4v) is 3.91. The van der Waals surface area contributed by atoms with Crippen molar-refractivity contribution in [3.8, 4) is 11.5 Å². The Morgan fingerprint density at radius 1 is 0.966 bits per heavy atom. The van der Waals surface area contributed by atoms with Crippen molar-refractivity contribution in [2.24, 2.45) is 0 Å². The Morgan fingerprint density at radius 3 is 2.31 bits per heavy atom. The van der Waals surface area contributed by atoms with Gasteiger partial charge in [0.15, 0.2) is 0 Å². The molecule has 0 aliphatic rings. The number of ether oxygens (including phenoxy) is 2. The minimum Gasteiger partial charge on any atom is -0.490 e. The van der Waals surface area contributed by atoms with E-state index >= 15 is 0 Å². The highest BCUT2D eigenvalue weighted by molar-refractivity contribution is 7.17. The van der Waals surface area contributed by atoms with Crippen LogP contribution in [0.15, 0.2) is 66.0 Å². The topological polar surface area (TPSA) is 55.8 Å². The van der Waals surface area contributed by atoms with Gasteiger partial charge in [0.05, 0.1) is 0 Å². The predicted molar refractivity (Wildman–Crippen MR) is 108 cm³/mol. The molecule has 4 rings (SSSR count). The van der Waals surface area contributed by atoms with E-state index in [-0.39, 0.29) is 13.2 Å². The summed E-state index contributed by atoms with van der Waals surface area (Å²) in [6.07, 6.45) is 0. The summed E-state index contributed by atoms with van der Waals surface area (Å²) in [7, 11) is 0. The molecule has 0 saturated carbocycles. The Labute approximate surface area is 168 Å². The van der Waals surface area contributed by atoms with Crippen LogP contribution in [0, 0.1) is 0 Å². The lowest BCUT2D eigenvalue weighted by atomic mass is 10.1. The van der Waals surface area contributed by atoms with Crippen LogP contribution in [0.4, 0.5) is 8.78 Å². The minimum atomic E-state index is -3.92. The number of carboxylic acids is 1. The van der Waals surface area contributed by atoms with Gasteiger partial charge in [0.1, 0.15) is 24.7 Å². The molecule has 1 N–H and O–H groups in total. The van der Waals surface area contributed by atoms with Crippen molar-refractivity contribution in [3.63, 3.8) is 0 Å². The summed E-state index contributed by atoms with van der Waals surface area (Å²) in [5, 5.41) is 13.9. The quantitative estimate of drug-likeness (QED) is 0.395. The monoisotopic (exact) mass is 414 g/mol. The van der Waals surface area contributed by atoms with E-state index in [1.54, 1.807) is 11.3 Å². The first kappa shape index (κ1) is 19.1. The molecular formula is C22H16F2O4S. The Morgan fingerprint density at radius 2 is 1.62 bits per heavy atom. The summed E-state index contributed by atoms with van der Waals surface area (Å²) < 4.78 is 39.3. The first-order valence-corrected chi connectivity index (χ1v) is 9.70. The van der Waals surface area contributed by atoms with E-state index in [2.05, 4.69) is 24.3 Å². The number of benzene rings is 3. The van der Waals surface area contributed by atoms with Gasteiger partial charge in [-0.25, -0.2) is 4.79 Å². The van der Waals surface area contributed by atoms with E-state index < -0.39 is 17.5 Å². The van der Waals surface area contributed by atoms with Gasteiger partial charge < -0.3 is 14.6 Å². The highest BCUT2D eigenvalue weighted by Crippen LogP contribution is 2.35. The number of aliphatic carboxylic acids is 1. The van der Waals surface area contributed by atoms with Crippen LogP contribution in [0.3, 0.4) is 0 Å². The zero-order chi connectivity index (χ0) is 20.4. The maximum atomic E-state index is 13.4. The van der Waals surface area contributed by atoms with Crippen molar-refractivity contribution in [2.75, 3.05) is 13.2 Å². The highest BCUT2D eigenvalue weighted by Gasteiger charge is 2.40. The van der Waals surface area contributed by atoms with Crippen LogP contribution in [0.2, 0.25) is 0 Å². The van der Waals surface area contributed by atoms with Crippen molar-refractivity contribution in [1.82, 2.24) is 0 Å². The summed E-state index contributed by atoms with van der Waals surface area (Å²) in [5.41, 5.74) is -0.592. The van der Waals surface area contributed by atoms with Crippen molar-refractivity contribution in [1.29, 1.82) is 0 Å². The highest BCUT2D eigenvalue weighted by atomic mass is 32.1. The second-order valence-electron chi connectivity index (χ2n) is 6.40. The van der Waals surface area contributed by atoms with Crippen LogP contribution in [0.1, 0.15) is 5.56 Å². The Bertz CT molecular complexity index is 1170. The van der Waals surface area contributed by atoms with Gasteiger partial charge in [-0.05, 0) is 47.2 Å². The molecule has 1 heterocycles. The molecule has 0 saturated heterocycles. The number of alkyl halides is 2. The molecule has 0 aliphatic carbocycles. The number of carbonyl (C=O) groups is 1. The van der Waals surface area contributed by atoms with Crippen LogP contribution < -0.4 is 9.47 Å². The van der Waals surface area contributed by atoms with Gasteiger partial charge >= 0.3 is 11.9 Å². The SMILES string of the molecule is O=C(O)C(F)(F)c1ccc(OCCOc2csc3cc4ccccc4cc23)cc1. The zero-order valence-corrected chi connectivity index (χ0v) is 15.9. The van der Waals surface area contributed by atoms with Gasteiger partial charge in [0, 0.05) is 21.0 Å². The summed E-state index contributed by atoms with van der Waals surface area (Å²) in [4.78, 5) is 10.6. The molecule has 0 radical (unpaired) electrons. The van der Waals surface area contributed by atoms with Crippen LogP contribution in [-0.4, -0.2) is 24.3 Å². The second kappa shape index (κ2) is 7.67. The first-order valence-electron chi connectivity index (χ1n) is 8.82. The number of fused-ring (bicyclic) bond motifs is 2. The van der Waals surface area contributed by atoms with Crippen LogP contribution in [0.5, 0.6) is 11.5 Å². The zero-order valence-electron chi connectivity index (χ0n) is 15.1. The van der Waals surface area contributed by atoms with Gasteiger partial charge in [-0.15, -0.1) is 11.3 Å². The van der Waals surface area contributed by atoms with Gasteiger partial charge in [0.25, 0.3) is 0 Å². The standard InChI is InChI=1S/C22H16F2O4S/c23-22(24,21(25)26)16-5-7-17(8-6-16)27-9-10-28-19-13-29-20-12-15-4-2-1-3-14(15)11-18(19)20/h1-8,11-13H,9-10H2,(H,25,26). The van der Waals surface area contributed by atoms with E-state index in [0.29, 0.717) is 5.75 Å². The smallest absolute Gasteiger partial charge is 0.379 e. The maximum absolute atomic E-state index is 13.4. The minimum absolute atomic E-state index is 0.222. The molecule has 3 aromatic carbocycles. The second-order valence-corrected chi connectivity index (χ2v) is 7.31. The van der Waals surface area contributed by atoms with E-state index in [1.165, 1.54) is 17.5 Å². The fourth-order valence-electron chi connectivity index (χ4n) is 3.00. The average molecular weight is 414 g/mol. The third kappa shape index (κ3) is 3.86. The molecule has 0 bridgehead atoms. The first-order chi connectivity index (χ1) is 13.9. The molecule has 4 aromatic rings. The molecular weight excluding hydrogens is 398 g/mol. The molecule has 1 aromatic heterocycles. The molecule has 29 heavy (non-hydrogen) atoms. The molecule has 0 atom stereocenters. The summed E-state index contributed by atoms with van der Waals surface area (Å²) in [6, 6.07) is 17.1. The van der Waals surface area contributed by atoms with Gasteiger partial charge in [-0.3, -0.25) is 0 Å². The maximum Gasteiger partial charge on any atom is 0.379 e. The lowest BCUT2D eigenvalue weighted by Gasteiger charge is -2.12. The number of halogens is 2. The third-order valence-electron chi connectivity index (χ3n) is 4.50. The molecule has 0 amide bonds. The normalized spacial score (nSPS) is 11.7. The Hall–Kier alpha value is -3.19. The Balaban J connectivity index is 1.37. The predicted octanol–water partition coefficient (Wildman–Crippen LogP) is 5.69. The van der Waals surface area contributed by atoms with Crippen LogP contribution >= 0.6 is 11.3 Å². The fraction of sp³-hybridized carbons (Fsp3) is 0.136. The van der Waals surface area contributed by atoms with E-state index in [1.807, 2.05) is 17.5 Å². The summed E-state index contributed by atoms with van der Waals surface area (Å²) in [5.74, 6) is -4.97. The van der Waals surface area contributed by atoms with Crippen molar-refractivity contribution >= 4 is 38.2 Å². The number of hydrogen-bond donors (Lipinski definition) is 1. The third-order valence-corrected chi connectivity index (χ3v) is 5.43. The van der Waals surface area contributed by atoms with Gasteiger partial charge in [0.2, 0.25) is 0 Å². The van der Waals surface area contributed by atoms with Gasteiger partial charge in [-0.2, -0.15) is 8.78 Å².